The summed E-state index contributed by atoms with van der Waals surface area (Å²) in [6.45, 7) is 10.9. The Morgan fingerprint density at radius 1 is 1.00 bits per heavy atom. The summed E-state index contributed by atoms with van der Waals surface area (Å²) in [5.41, 5.74) is 0.628. The molecule has 0 aromatic rings. The predicted octanol–water partition coefficient (Wildman–Crippen LogP) is 4.15. The van der Waals surface area contributed by atoms with Gasteiger partial charge in [0.25, 0.3) is 0 Å². The maximum absolute atomic E-state index is 13.7. The van der Waals surface area contributed by atoms with E-state index in [1.807, 2.05) is 0 Å². The molecule has 30 heavy (non-hydrogen) atoms. The van der Waals surface area contributed by atoms with Crippen molar-refractivity contribution in [1.29, 1.82) is 0 Å². The summed E-state index contributed by atoms with van der Waals surface area (Å²) in [5.74, 6) is 2.20. The van der Waals surface area contributed by atoms with E-state index in [4.69, 9.17) is 4.84 Å². The van der Waals surface area contributed by atoms with E-state index in [0.717, 1.165) is 57.3 Å². The van der Waals surface area contributed by atoms with Gasteiger partial charge in [-0.25, -0.2) is 0 Å². The fraction of sp³-hybridized carbons (Fsp3) is 0.880. The summed E-state index contributed by atoms with van der Waals surface area (Å²) >= 11 is 0. The van der Waals surface area contributed by atoms with Gasteiger partial charge in [0, 0.05) is 42.6 Å². The van der Waals surface area contributed by atoms with Crippen molar-refractivity contribution in [2.45, 2.75) is 85.2 Å². The molecular weight excluding hydrogens is 376 g/mol. The summed E-state index contributed by atoms with van der Waals surface area (Å²) in [4.78, 5) is 32.2. The van der Waals surface area contributed by atoms with Crippen molar-refractivity contribution in [3.8, 4) is 0 Å². The highest BCUT2D eigenvalue weighted by Crippen LogP contribution is 2.66. The van der Waals surface area contributed by atoms with Gasteiger partial charge in [-0.05, 0) is 61.8 Å². The second-order valence-electron chi connectivity index (χ2n) is 11.9. The molecule has 4 saturated carbocycles. The SMILES string of the molecule is CC1(C)/C(=N/O[C@H]2CCNC2)CC[C@@]2(C)C1C(=O)C[C@@H]1[C@@H]2CC[C@]2(C)C(=O)CC[C@@H]12. The average molecular weight is 415 g/mol. The monoisotopic (exact) mass is 414 g/mol. The van der Waals surface area contributed by atoms with E-state index in [-0.39, 0.29) is 28.3 Å². The molecule has 5 aliphatic rings. The third kappa shape index (κ3) is 2.79. The Morgan fingerprint density at radius 3 is 2.53 bits per heavy atom. The van der Waals surface area contributed by atoms with E-state index in [0.29, 0.717) is 42.2 Å². The van der Waals surface area contributed by atoms with Gasteiger partial charge in [-0.15, -0.1) is 0 Å². The number of oxime groups is 1. The summed E-state index contributed by atoms with van der Waals surface area (Å²) < 4.78 is 0. The fourth-order valence-electron chi connectivity index (χ4n) is 8.55. The number of hydrogen-bond donors (Lipinski definition) is 1. The maximum Gasteiger partial charge on any atom is 0.141 e. The predicted molar refractivity (Wildman–Crippen MR) is 116 cm³/mol. The van der Waals surface area contributed by atoms with Crippen LogP contribution < -0.4 is 5.32 Å². The molecule has 1 N–H and O–H groups in total. The van der Waals surface area contributed by atoms with Gasteiger partial charge in [0.2, 0.25) is 0 Å². The molecule has 0 spiro atoms. The Kier molecular flexibility index (Phi) is 4.74. The van der Waals surface area contributed by atoms with Crippen LogP contribution in [0.2, 0.25) is 0 Å². The number of fused-ring (bicyclic) bond motifs is 5. The van der Waals surface area contributed by atoms with E-state index in [9.17, 15) is 9.59 Å². The third-order valence-corrected chi connectivity index (χ3v) is 10.1. The van der Waals surface area contributed by atoms with E-state index in [1.54, 1.807) is 0 Å². The highest BCUT2D eigenvalue weighted by atomic mass is 16.6. The quantitative estimate of drug-likeness (QED) is 0.690. The molecule has 0 radical (unpaired) electrons. The molecule has 0 aromatic carbocycles. The molecule has 0 amide bonds. The maximum atomic E-state index is 13.7. The van der Waals surface area contributed by atoms with Gasteiger partial charge in [0.1, 0.15) is 17.7 Å². The Labute approximate surface area is 180 Å². The number of nitrogens with one attached hydrogen (secondary N) is 1. The second kappa shape index (κ2) is 6.88. The Hall–Kier alpha value is -1.23. The van der Waals surface area contributed by atoms with Crippen LogP contribution in [0.3, 0.4) is 0 Å². The van der Waals surface area contributed by atoms with Crippen molar-refractivity contribution < 1.29 is 14.4 Å². The lowest BCUT2D eigenvalue weighted by molar-refractivity contribution is -0.160. The van der Waals surface area contributed by atoms with E-state index >= 15 is 0 Å². The van der Waals surface area contributed by atoms with Crippen molar-refractivity contribution in [3.63, 3.8) is 0 Å². The average Bonchev–Trinajstić information content (AvgIpc) is 3.29. The van der Waals surface area contributed by atoms with Crippen LogP contribution in [-0.2, 0) is 14.4 Å². The fourth-order valence-corrected chi connectivity index (χ4v) is 8.55. The zero-order valence-electron chi connectivity index (χ0n) is 19.1. The number of hydrogen-bond acceptors (Lipinski definition) is 5. The molecule has 5 fully saturated rings. The Bertz CT molecular complexity index is 783. The molecule has 5 nitrogen and oxygen atoms in total. The standard InChI is InChI=1S/C25H38N2O3/c1-23(2)20(27-30-15-9-12-26-14-15)8-11-25(4)18-7-10-24(3)17(5-6-21(24)29)16(18)13-19(28)22(23)25/h15-18,22,26H,5-14H2,1-4H3/b27-20+/t15-,16-,17-,18-,22?,24-,25+/m0/s1. The molecule has 0 bridgehead atoms. The zero-order chi connectivity index (χ0) is 21.3. The number of nitrogens with zero attached hydrogens (tertiary/aromatic N) is 1. The molecule has 0 aromatic heterocycles. The first-order valence-electron chi connectivity index (χ1n) is 12.2. The molecule has 1 heterocycles. The largest absolute Gasteiger partial charge is 0.391 e. The highest BCUT2D eigenvalue weighted by molar-refractivity contribution is 5.97. The second-order valence-corrected chi connectivity index (χ2v) is 11.9. The zero-order valence-corrected chi connectivity index (χ0v) is 19.1. The summed E-state index contributed by atoms with van der Waals surface area (Å²) in [6, 6.07) is 0. The van der Waals surface area contributed by atoms with Gasteiger partial charge in [-0.1, -0.05) is 32.9 Å². The van der Waals surface area contributed by atoms with Crippen LogP contribution in [0, 0.1) is 39.9 Å². The first kappa shape index (κ1) is 20.7. The molecular formula is C25H38N2O3. The van der Waals surface area contributed by atoms with E-state index in [1.165, 1.54) is 0 Å². The smallest absolute Gasteiger partial charge is 0.141 e. The van der Waals surface area contributed by atoms with Gasteiger partial charge in [-0.3, -0.25) is 9.59 Å². The van der Waals surface area contributed by atoms with Crippen molar-refractivity contribution >= 4 is 17.3 Å². The van der Waals surface area contributed by atoms with Crippen LogP contribution in [0.1, 0.15) is 79.1 Å². The van der Waals surface area contributed by atoms with Crippen LogP contribution in [-0.4, -0.2) is 36.5 Å². The molecule has 1 unspecified atom stereocenters. The number of carbonyl (C=O) groups excluding carboxylic acids is 2. The molecule has 5 rings (SSSR count). The Morgan fingerprint density at radius 2 is 1.80 bits per heavy atom. The third-order valence-electron chi connectivity index (χ3n) is 10.1. The molecule has 5 heteroatoms. The highest BCUT2D eigenvalue weighted by Gasteiger charge is 2.65. The van der Waals surface area contributed by atoms with Crippen LogP contribution in [0.15, 0.2) is 5.16 Å². The van der Waals surface area contributed by atoms with Crippen molar-refractivity contribution in [3.05, 3.63) is 0 Å². The van der Waals surface area contributed by atoms with Gasteiger partial charge >= 0.3 is 0 Å². The lowest BCUT2D eigenvalue weighted by Crippen LogP contribution is -2.61. The minimum Gasteiger partial charge on any atom is -0.391 e. The first-order chi connectivity index (χ1) is 14.2. The minimum absolute atomic E-state index is 0.00437. The summed E-state index contributed by atoms with van der Waals surface area (Å²) in [6.07, 6.45) is 7.54. The van der Waals surface area contributed by atoms with Gasteiger partial charge in [0.05, 0.1) is 5.71 Å². The van der Waals surface area contributed by atoms with Gasteiger partial charge in [-0.2, -0.15) is 0 Å². The van der Waals surface area contributed by atoms with Crippen LogP contribution in [0.25, 0.3) is 0 Å². The molecule has 166 valence electrons. The van der Waals surface area contributed by atoms with Crippen molar-refractivity contribution in [1.82, 2.24) is 5.32 Å². The molecule has 1 saturated heterocycles. The lowest BCUT2D eigenvalue weighted by atomic mass is 9.41. The van der Waals surface area contributed by atoms with Crippen molar-refractivity contribution in [2.75, 3.05) is 13.1 Å². The summed E-state index contributed by atoms with van der Waals surface area (Å²) in [7, 11) is 0. The van der Waals surface area contributed by atoms with Crippen LogP contribution in [0.5, 0.6) is 0 Å². The summed E-state index contributed by atoms with van der Waals surface area (Å²) in [5, 5.41) is 7.95. The van der Waals surface area contributed by atoms with Gasteiger partial charge < -0.3 is 10.2 Å². The topological polar surface area (TPSA) is 67.8 Å². The van der Waals surface area contributed by atoms with Crippen LogP contribution >= 0.6 is 0 Å². The number of Topliss-reactive ketones (excluding diaryl/α,β-unsaturated/α-hetero) is 2. The first-order valence-corrected chi connectivity index (χ1v) is 12.2. The van der Waals surface area contributed by atoms with Crippen molar-refractivity contribution in [2.24, 2.45) is 45.1 Å². The normalized spacial score (nSPS) is 48.9. The molecule has 7 atom stereocenters. The van der Waals surface area contributed by atoms with Crippen LogP contribution in [0.4, 0.5) is 0 Å². The van der Waals surface area contributed by atoms with E-state index < -0.39 is 0 Å². The molecule has 4 aliphatic carbocycles. The molecule has 1 aliphatic heterocycles. The van der Waals surface area contributed by atoms with E-state index in [2.05, 4.69) is 38.2 Å². The van der Waals surface area contributed by atoms with Gasteiger partial charge in [0.15, 0.2) is 0 Å². The lowest BCUT2D eigenvalue weighted by Gasteiger charge is -2.62. The number of carbonyl (C=O) groups is 2. The minimum atomic E-state index is -0.271. The Balaban J connectivity index is 1.43. The number of ketones is 2. The number of rotatable bonds is 2.